The van der Waals surface area contributed by atoms with Crippen molar-refractivity contribution in [2.45, 2.75) is 20.0 Å². The van der Waals surface area contributed by atoms with Crippen molar-refractivity contribution in [3.63, 3.8) is 0 Å². The molecule has 102 valence electrons. The zero-order valence-corrected chi connectivity index (χ0v) is 11.1. The van der Waals surface area contributed by atoms with E-state index in [1.54, 1.807) is 39.1 Å². The zero-order valence-electron chi connectivity index (χ0n) is 11.1. The van der Waals surface area contributed by atoms with Gasteiger partial charge in [0.1, 0.15) is 5.75 Å². The highest BCUT2D eigenvalue weighted by atomic mass is 16.5. The highest BCUT2D eigenvalue weighted by Crippen LogP contribution is 2.35. The van der Waals surface area contributed by atoms with Crippen LogP contribution in [0.25, 0.3) is 0 Å². The van der Waals surface area contributed by atoms with Crippen molar-refractivity contribution in [3.8, 4) is 5.75 Å². The van der Waals surface area contributed by atoms with Gasteiger partial charge in [0.15, 0.2) is 6.10 Å². The van der Waals surface area contributed by atoms with E-state index in [4.69, 9.17) is 9.47 Å². The van der Waals surface area contributed by atoms with E-state index < -0.39 is 12.2 Å². The molecule has 0 aromatic heterocycles. The summed E-state index contributed by atoms with van der Waals surface area (Å²) in [5.41, 5.74) is 1.17. The second-order valence-electron chi connectivity index (χ2n) is 4.19. The number of hydrogen-bond donors (Lipinski definition) is 1. The summed E-state index contributed by atoms with van der Waals surface area (Å²) in [6.07, 6.45) is -1.03. The Kier molecular flexibility index (Phi) is 3.59. The number of amides is 2. The smallest absolute Gasteiger partial charge is 0.411 e. The third-order valence-electron chi connectivity index (χ3n) is 2.82. The van der Waals surface area contributed by atoms with Crippen molar-refractivity contribution in [1.29, 1.82) is 0 Å². The van der Waals surface area contributed by atoms with Gasteiger partial charge in [0.2, 0.25) is 0 Å². The second-order valence-corrected chi connectivity index (χ2v) is 4.19. The van der Waals surface area contributed by atoms with Gasteiger partial charge in [-0.15, -0.1) is 0 Å². The van der Waals surface area contributed by atoms with Crippen LogP contribution in [0.4, 0.5) is 16.2 Å². The maximum atomic E-state index is 11.8. The van der Waals surface area contributed by atoms with Crippen molar-refractivity contribution in [2.24, 2.45) is 0 Å². The van der Waals surface area contributed by atoms with E-state index in [9.17, 15) is 9.59 Å². The molecule has 0 radical (unpaired) electrons. The molecular weight excluding hydrogens is 248 g/mol. The quantitative estimate of drug-likeness (QED) is 0.887. The number of rotatable bonds is 2. The van der Waals surface area contributed by atoms with Gasteiger partial charge in [0, 0.05) is 12.7 Å². The van der Waals surface area contributed by atoms with Crippen LogP contribution in [0.5, 0.6) is 5.75 Å². The molecule has 2 rings (SSSR count). The number of nitrogens with zero attached hydrogens (tertiary/aromatic N) is 1. The third-order valence-corrected chi connectivity index (χ3v) is 2.82. The number of ether oxygens (including phenoxy) is 2. The predicted octanol–water partition coefficient (Wildman–Crippen LogP) is 2.00. The van der Waals surface area contributed by atoms with E-state index in [1.165, 1.54) is 4.90 Å². The Bertz CT molecular complexity index is 515. The molecule has 19 heavy (non-hydrogen) atoms. The summed E-state index contributed by atoms with van der Waals surface area (Å²) >= 11 is 0. The largest absolute Gasteiger partial charge is 0.479 e. The summed E-state index contributed by atoms with van der Waals surface area (Å²) in [4.78, 5) is 24.7. The van der Waals surface area contributed by atoms with Gasteiger partial charge in [-0.1, -0.05) is 0 Å². The molecule has 1 aliphatic heterocycles. The molecule has 0 spiro atoms. The van der Waals surface area contributed by atoms with Crippen molar-refractivity contribution in [3.05, 3.63) is 18.2 Å². The van der Waals surface area contributed by atoms with Gasteiger partial charge in [-0.05, 0) is 32.0 Å². The Labute approximate surface area is 111 Å². The van der Waals surface area contributed by atoms with E-state index >= 15 is 0 Å². The third kappa shape index (κ3) is 2.62. The first-order valence-electron chi connectivity index (χ1n) is 6.05. The summed E-state index contributed by atoms with van der Waals surface area (Å²) in [5, 5.41) is 2.58. The number of fused-ring (bicyclic) bond motifs is 1. The van der Waals surface area contributed by atoms with Crippen LogP contribution in [0.1, 0.15) is 13.8 Å². The Morgan fingerprint density at radius 1 is 1.53 bits per heavy atom. The number of benzene rings is 1. The molecule has 6 heteroatoms. The van der Waals surface area contributed by atoms with Gasteiger partial charge in [-0.25, -0.2) is 4.79 Å². The summed E-state index contributed by atoms with van der Waals surface area (Å²) in [6, 6.07) is 5.10. The van der Waals surface area contributed by atoms with Crippen LogP contribution in [0.15, 0.2) is 18.2 Å². The highest BCUT2D eigenvalue weighted by Gasteiger charge is 2.29. The minimum atomic E-state index is -0.526. The van der Waals surface area contributed by atoms with E-state index in [0.29, 0.717) is 23.7 Å². The highest BCUT2D eigenvalue weighted by molar-refractivity contribution is 6.00. The van der Waals surface area contributed by atoms with Crippen LogP contribution in [-0.4, -0.2) is 31.8 Å². The molecule has 1 N–H and O–H groups in total. The molecule has 2 amide bonds. The second kappa shape index (κ2) is 5.17. The molecule has 6 nitrogen and oxygen atoms in total. The molecule has 1 heterocycles. The number of anilines is 2. The lowest BCUT2D eigenvalue weighted by atomic mass is 10.2. The monoisotopic (exact) mass is 264 g/mol. The molecule has 0 bridgehead atoms. The van der Waals surface area contributed by atoms with Crippen molar-refractivity contribution < 1.29 is 19.1 Å². The first-order valence-corrected chi connectivity index (χ1v) is 6.05. The molecule has 1 unspecified atom stereocenters. The Morgan fingerprint density at radius 2 is 2.26 bits per heavy atom. The van der Waals surface area contributed by atoms with Crippen LogP contribution in [0.3, 0.4) is 0 Å². The van der Waals surface area contributed by atoms with Crippen molar-refractivity contribution in [1.82, 2.24) is 0 Å². The summed E-state index contributed by atoms with van der Waals surface area (Å²) in [5.74, 6) is 0.491. The lowest BCUT2D eigenvalue weighted by molar-refractivity contribution is -0.125. The number of hydrogen-bond acceptors (Lipinski definition) is 4. The minimum Gasteiger partial charge on any atom is -0.479 e. The minimum absolute atomic E-state index is 0.124. The van der Waals surface area contributed by atoms with Gasteiger partial charge in [-0.3, -0.25) is 10.1 Å². The maximum Gasteiger partial charge on any atom is 0.411 e. The average molecular weight is 264 g/mol. The normalized spacial score (nSPS) is 17.5. The van der Waals surface area contributed by atoms with Crippen LogP contribution in [-0.2, 0) is 9.53 Å². The summed E-state index contributed by atoms with van der Waals surface area (Å²) in [6.45, 7) is 3.73. The zero-order chi connectivity index (χ0) is 14.0. The standard InChI is InChI=1S/C13H16N2O4/c1-4-18-13(17)14-9-5-6-11-10(7-9)15(3)12(16)8(2)19-11/h5-8H,4H2,1-3H3,(H,14,17). The van der Waals surface area contributed by atoms with Crippen LogP contribution >= 0.6 is 0 Å². The Morgan fingerprint density at radius 3 is 2.95 bits per heavy atom. The summed E-state index contributed by atoms with van der Waals surface area (Å²) < 4.78 is 10.3. The molecule has 0 fully saturated rings. The molecule has 1 aromatic carbocycles. The Balaban J connectivity index is 2.24. The van der Waals surface area contributed by atoms with Gasteiger partial charge >= 0.3 is 6.09 Å². The van der Waals surface area contributed by atoms with Crippen LogP contribution < -0.4 is 15.0 Å². The van der Waals surface area contributed by atoms with Crippen LogP contribution in [0.2, 0.25) is 0 Å². The number of nitrogens with one attached hydrogen (secondary N) is 1. The molecular formula is C13H16N2O4. The van der Waals surface area contributed by atoms with Gasteiger partial charge in [0.25, 0.3) is 5.91 Å². The molecule has 1 aliphatic rings. The fourth-order valence-corrected chi connectivity index (χ4v) is 1.87. The predicted molar refractivity (Wildman–Crippen MR) is 70.6 cm³/mol. The lowest BCUT2D eigenvalue weighted by Gasteiger charge is -2.30. The van der Waals surface area contributed by atoms with E-state index in [0.717, 1.165) is 0 Å². The SMILES string of the molecule is CCOC(=O)Nc1ccc2c(c1)N(C)C(=O)C(C)O2. The fraction of sp³-hybridized carbons (Fsp3) is 0.385. The van der Waals surface area contributed by atoms with E-state index in [1.807, 2.05) is 0 Å². The average Bonchev–Trinajstić information content (AvgIpc) is 2.37. The topological polar surface area (TPSA) is 67.9 Å². The van der Waals surface area contributed by atoms with Crippen LogP contribution in [0, 0.1) is 0 Å². The maximum absolute atomic E-state index is 11.8. The number of likely N-dealkylation sites (N-methyl/N-ethyl adjacent to an activating group) is 1. The number of carbonyl (C=O) groups is 2. The van der Waals surface area contributed by atoms with Crippen molar-refractivity contribution in [2.75, 3.05) is 23.9 Å². The number of carbonyl (C=O) groups excluding carboxylic acids is 2. The van der Waals surface area contributed by atoms with E-state index in [-0.39, 0.29) is 5.91 Å². The first-order chi connectivity index (χ1) is 9.02. The fourth-order valence-electron chi connectivity index (χ4n) is 1.87. The first kappa shape index (κ1) is 13.2. The van der Waals surface area contributed by atoms with Crippen molar-refractivity contribution >= 4 is 23.4 Å². The molecule has 1 aromatic rings. The van der Waals surface area contributed by atoms with Gasteiger partial charge < -0.3 is 14.4 Å². The molecule has 0 saturated carbocycles. The molecule has 0 saturated heterocycles. The summed E-state index contributed by atoms with van der Waals surface area (Å²) in [7, 11) is 1.67. The Hall–Kier alpha value is -2.24. The molecule has 0 aliphatic carbocycles. The van der Waals surface area contributed by atoms with E-state index in [2.05, 4.69) is 5.32 Å². The lowest BCUT2D eigenvalue weighted by Crippen LogP contribution is -2.41. The molecule has 1 atom stereocenters. The van der Waals surface area contributed by atoms with Gasteiger partial charge in [0.05, 0.1) is 12.3 Å². The van der Waals surface area contributed by atoms with Gasteiger partial charge in [-0.2, -0.15) is 0 Å².